The number of nitrogens with zero attached hydrogens (tertiary/aromatic N) is 1. The van der Waals surface area contributed by atoms with Crippen LogP contribution in [0.3, 0.4) is 0 Å². The fourth-order valence-electron chi connectivity index (χ4n) is 2.89. The normalized spacial score (nSPS) is 14.8. The topological polar surface area (TPSA) is 48.0 Å². The van der Waals surface area contributed by atoms with Crippen molar-refractivity contribution in [2.45, 2.75) is 6.92 Å². The molecule has 0 bridgehead atoms. The van der Waals surface area contributed by atoms with Crippen LogP contribution in [0, 0.1) is 6.92 Å². The van der Waals surface area contributed by atoms with Gasteiger partial charge in [-0.15, -0.1) is 6.58 Å². The lowest BCUT2D eigenvalue weighted by atomic mass is 10.2. The molecule has 5 nitrogen and oxygen atoms in total. The number of hydrogen-bond acceptors (Lipinski definition) is 6. The molecule has 1 heterocycles. The molecule has 162 valence electrons. The zero-order valence-electron chi connectivity index (χ0n) is 17.2. The number of halogens is 1. The number of methoxy groups -OCH3 is 1. The minimum absolute atomic E-state index is 0.157. The Bertz CT molecular complexity index is 1040. The first kappa shape index (κ1) is 23.2. The maximum atomic E-state index is 12.6. The fourth-order valence-corrected chi connectivity index (χ4v) is 4.34. The van der Waals surface area contributed by atoms with Crippen LogP contribution in [0.1, 0.15) is 11.1 Å². The van der Waals surface area contributed by atoms with Crippen LogP contribution in [0.5, 0.6) is 17.2 Å². The average Bonchev–Trinajstić information content (AvgIpc) is 3.01. The predicted molar refractivity (Wildman–Crippen MR) is 130 cm³/mol. The minimum atomic E-state index is -0.157. The van der Waals surface area contributed by atoms with Gasteiger partial charge in [0.15, 0.2) is 11.5 Å². The van der Waals surface area contributed by atoms with Crippen molar-refractivity contribution in [2.75, 3.05) is 26.9 Å². The number of carbonyl (C=O) groups is 1. The molecule has 0 spiro atoms. The van der Waals surface area contributed by atoms with Crippen LogP contribution in [-0.2, 0) is 4.79 Å². The quantitative estimate of drug-likeness (QED) is 0.206. The molecule has 0 saturated carbocycles. The molecule has 0 aliphatic carbocycles. The zero-order valence-corrected chi connectivity index (χ0v) is 19.6. The molecule has 0 radical (unpaired) electrons. The van der Waals surface area contributed by atoms with E-state index in [-0.39, 0.29) is 5.91 Å². The van der Waals surface area contributed by atoms with Gasteiger partial charge in [0.1, 0.15) is 23.3 Å². The van der Waals surface area contributed by atoms with Crippen LogP contribution in [0.2, 0.25) is 5.02 Å². The van der Waals surface area contributed by atoms with Gasteiger partial charge in [-0.25, -0.2) is 0 Å². The van der Waals surface area contributed by atoms with Crippen molar-refractivity contribution < 1.29 is 19.0 Å². The van der Waals surface area contributed by atoms with Crippen LogP contribution in [0.4, 0.5) is 0 Å². The second-order valence-electron chi connectivity index (χ2n) is 6.61. The minimum Gasteiger partial charge on any atom is -0.493 e. The molecule has 0 N–H and O–H groups in total. The van der Waals surface area contributed by atoms with Crippen LogP contribution >= 0.6 is 35.6 Å². The van der Waals surface area contributed by atoms with Crippen molar-refractivity contribution in [1.82, 2.24) is 4.90 Å². The summed E-state index contributed by atoms with van der Waals surface area (Å²) in [7, 11) is 1.61. The Morgan fingerprint density at radius 2 is 1.84 bits per heavy atom. The third-order valence-electron chi connectivity index (χ3n) is 4.36. The molecule has 1 amide bonds. The maximum absolute atomic E-state index is 12.6. The molecule has 0 aromatic heterocycles. The van der Waals surface area contributed by atoms with Gasteiger partial charge in [-0.05, 0) is 48.9 Å². The van der Waals surface area contributed by atoms with Crippen LogP contribution in [-0.4, -0.2) is 42.0 Å². The van der Waals surface area contributed by atoms with E-state index in [1.165, 1.54) is 16.7 Å². The summed E-state index contributed by atoms with van der Waals surface area (Å²) in [6.07, 6.45) is 3.39. The molecule has 0 atom stereocenters. The third kappa shape index (κ3) is 5.81. The molecule has 8 heteroatoms. The highest BCUT2D eigenvalue weighted by molar-refractivity contribution is 8.26. The third-order valence-corrected chi connectivity index (χ3v) is 5.97. The Kier molecular flexibility index (Phi) is 8.01. The van der Waals surface area contributed by atoms with Crippen LogP contribution in [0.15, 0.2) is 54.0 Å². The van der Waals surface area contributed by atoms with E-state index in [2.05, 4.69) is 6.58 Å². The number of hydrogen-bond donors (Lipinski definition) is 0. The number of rotatable bonds is 9. The summed E-state index contributed by atoms with van der Waals surface area (Å²) < 4.78 is 17.5. The van der Waals surface area contributed by atoms with E-state index in [0.29, 0.717) is 56.8 Å². The van der Waals surface area contributed by atoms with Crippen molar-refractivity contribution in [3.63, 3.8) is 0 Å². The summed E-state index contributed by atoms with van der Waals surface area (Å²) in [6, 6.07) is 11.0. The van der Waals surface area contributed by atoms with Crippen molar-refractivity contribution in [3.05, 3.63) is 70.1 Å². The van der Waals surface area contributed by atoms with E-state index >= 15 is 0 Å². The molecule has 0 unspecified atom stereocenters. The first-order valence-electron chi connectivity index (χ1n) is 9.49. The summed E-state index contributed by atoms with van der Waals surface area (Å²) in [5, 5.41) is 0.542. The largest absolute Gasteiger partial charge is 0.493 e. The smallest absolute Gasteiger partial charge is 0.266 e. The molecule has 2 aromatic rings. The van der Waals surface area contributed by atoms with E-state index in [9.17, 15) is 4.79 Å². The molecule has 2 aromatic carbocycles. The van der Waals surface area contributed by atoms with Gasteiger partial charge in [-0.3, -0.25) is 9.69 Å². The highest BCUT2D eigenvalue weighted by Gasteiger charge is 2.31. The Balaban J connectivity index is 1.69. The number of thioether (sulfide) groups is 1. The molecule has 31 heavy (non-hydrogen) atoms. The second kappa shape index (κ2) is 10.7. The van der Waals surface area contributed by atoms with Crippen LogP contribution in [0.25, 0.3) is 6.08 Å². The lowest BCUT2D eigenvalue weighted by Crippen LogP contribution is -2.27. The van der Waals surface area contributed by atoms with Crippen molar-refractivity contribution in [1.29, 1.82) is 0 Å². The molecular formula is C23H22ClNO4S2. The van der Waals surface area contributed by atoms with Gasteiger partial charge in [0, 0.05) is 17.1 Å². The van der Waals surface area contributed by atoms with Gasteiger partial charge in [0.05, 0.1) is 12.0 Å². The van der Waals surface area contributed by atoms with E-state index in [0.717, 1.165) is 5.56 Å². The zero-order chi connectivity index (χ0) is 22.4. The van der Waals surface area contributed by atoms with E-state index in [1.54, 1.807) is 37.5 Å². The SMILES string of the molecule is C=CCN1C(=O)C(=Cc2cc(Cl)ccc2OCCOc2ccc(C)cc2OC)SC1=S. The van der Waals surface area contributed by atoms with Gasteiger partial charge in [-0.1, -0.05) is 47.7 Å². The first-order chi connectivity index (χ1) is 14.9. The van der Waals surface area contributed by atoms with Gasteiger partial charge >= 0.3 is 0 Å². The molecule has 1 fully saturated rings. The van der Waals surface area contributed by atoms with Crippen LogP contribution < -0.4 is 14.2 Å². The number of thiocarbonyl (C=S) groups is 1. The first-order valence-corrected chi connectivity index (χ1v) is 11.1. The number of amides is 1. The number of benzene rings is 2. The van der Waals surface area contributed by atoms with Gasteiger partial charge < -0.3 is 14.2 Å². The monoisotopic (exact) mass is 475 g/mol. The lowest BCUT2D eigenvalue weighted by molar-refractivity contribution is -0.121. The molecule has 1 aliphatic heterocycles. The lowest BCUT2D eigenvalue weighted by Gasteiger charge is -2.13. The number of carbonyl (C=O) groups excluding carboxylic acids is 1. The molecule has 1 aliphatic rings. The Hall–Kier alpha value is -2.48. The predicted octanol–water partition coefficient (Wildman–Crippen LogP) is 5.50. The highest BCUT2D eigenvalue weighted by atomic mass is 35.5. The van der Waals surface area contributed by atoms with Gasteiger partial charge in [0.2, 0.25) is 0 Å². The van der Waals surface area contributed by atoms with Crippen molar-refractivity contribution >= 4 is 51.9 Å². The Morgan fingerprint density at radius 3 is 2.55 bits per heavy atom. The average molecular weight is 476 g/mol. The molecule has 3 rings (SSSR count). The molecular weight excluding hydrogens is 454 g/mol. The number of ether oxygens (including phenoxy) is 3. The summed E-state index contributed by atoms with van der Waals surface area (Å²) in [5.74, 6) is 1.76. The van der Waals surface area contributed by atoms with E-state index in [4.69, 9.17) is 38.0 Å². The Labute approximate surface area is 196 Å². The van der Waals surface area contributed by atoms with E-state index in [1.807, 2.05) is 25.1 Å². The van der Waals surface area contributed by atoms with E-state index < -0.39 is 0 Å². The standard InChI is InChI=1S/C23H22ClNO4S2/c1-4-9-25-22(26)21(31-23(25)30)14-16-13-17(24)6-8-18(16)28-10-11-29-19-7-5-15(2)12-20(19)27-3/h4-8,12-14H,1,9-11H2,2-3H3. The summed E-state index contributed by atoms with van der Waals surface area (Å²) in [6.45, 7) is 6.66. The van der Waals surface area contributed by atoms with Gasteiger partial charge in [0.25, 0.3) is 5.91 Å². The van der Waals surface area contributed by atoms with Crippen molar-refractivity contribution in [2.24, 2.45) is 0 Å². The summed E-state index contributed by atoms with van der Waals surface area (Å²) >= 11 is 12.7. The molecule has 1 saturated heterocycles. The maximum Gasteiger partial charge on any atom is 0.266 e. The number of aryl methyl sites for hydroxylation is 1. The Morgan fingerprint density at radius 1 is 1.13 bits per heavy atom. The highest BCUT2D eigenvalue weighted by Crippen LogP contribution is 2.35. The van der Waals surface area contributed by atoms with Crippen molar-refractivity contribution in [3.8, 4) is 17.2 Å². The fraction of sp³-hybridized carbons (Fsp3) is 0.217. The summed E-state index contributed by atoms with van der Waals surface area (Å²) in [4.78, 5) is 14.6. The second-order valence-corrected chi connectivity index (χ2v) is 8.73. The van der Waals surface area contributed by atoms with Gasteiger partial charge in [-0.2, -0.15) is 0 Å². The summed E-state index contributed by atoms with van der Waals surface area (Å²) in [5.41, 5.74) is 1.78.